The zero-order chi connectivity index (χ0) is 45.7. The van der Waals surface area contributed by atoms with E-state index in [1.165, 1.54) is 29.8 Å². The van der Waals surface area contributed by atoms with Gasteiger partial charge in [-0.1, -0.05) is 41.9 Å². The molecule has 1 saturated heterocycles. The van der Waals surface area contributed by atoms with E-state index in [4.69, 9.17) is 40.3 Å². The first-order valence-electron chi connectivity index (χ1n) is 21.4. The van der Waals surface area contributed by atoms with Gasteiger partial charge >= 0.3 is 5.97 Å². The molecule has 0 aliphatic carbocycles. The molecule has 14 nitrogen and oxygen atoms in total. The highest BCUT2D eigenvalue weighted by Gasteiger charge is 2.30. The quantitative estimate of drug-likeness (QED) is 0.128. The Morgan fingerprint density at radius 3 is 2.53 bits per heavy atom. The van der Waals surface area contributed by atoms with E-state index in [0.29, 0.717) is 90.7 Å². The summed E-state index contributed by atoms with van der Waals surface area (Å²) in [5.74, 6) is 0.817. The highest BCUT2D eigenvalue weighted by molar-refractivity contribution is 7.22. The van der Waals surface area contributed by atoms with E-state index in [0.717, 1.165) is 36.6 Å². The van der Waals surface area contributed by atoms with Gasteiger partial charge in [-0.15, -0.1) is 11.3 Å². The number of β-amino-alcohol motifs (C(OH)–C–C–N with tert-alkyl or cyclic N) is 1. The van der Waals surface area contributed by atoms with Crippen molar-refractivity contribution >= 4 is 39.1 Å². The zero-order valence-corrected chi connectivity index (χ0v) is 37.7. The van der Waals surface area contributed by atoms with Gasteiger partial charge < -0.3 is 33.9 Å². The van der Waals surface area contributed by atoms with Gasteiger partial charge in [-0.3, -0.25) is 9.80 Å². The zero-order valence-electron chi connectivity index (χ0n) is 36.2. The molecule has 4 aromatic carbocycles. The summed E-state index contributed by atoms with van der Waals surface area (Å²) >= 11 is 8.59. The molecule has 17 heteroatoms. The van der Waals surface area contributed by atoms with Crippen LogP contribution in [-0.2, 0) is 17.8 Å². The summed E-state index contributed by atoms with van der Waals surface area (Å²) in [5, 5.41) is 21.2. The van der Waals surface area contributed by atoms with E-state index in [2.05, 4.69) is 24.8 Å². The molecule has 1 fully saturated rings. The van der Waals surface area contributed by atoms with Crippen molar-refractivity contribution in [3.63, 3.8) is 0 Å². The van der Waals surface area contributed by atoms with E-state index >= 15 is 0 Å². The van der Waals surface area contributed by atoms with Gasteiger partial charge in [0, 0.05) is 67.9 Å². The number of para-hydroxylation sites is 1. The first-order valence-corrected chi connectivity index (χ1v) is 22.6. The van der Waals surface area contributed by atoms with Crippen LogP contribution in [0.5, 0.6) is 28.9 Å². The predicted molar refractivity (Wildman–Crippen MR) is 248 cm³/mol. The van der Waals surface area contributed by atoms with Gasteiger partial charge in [0.25, 0.3) is 0 Å². The van der Waals surface area contributed by atoms with Crippen molar-refractivity contribution in [2.45, 2.75) is 32.2 Å². The topological polar surface area (TPSA) is 162 Å². The highest BCUT2D eigenvalue weighted by atomic mass is 35.5. The molecule has 0 radical (unpaired) electrons. The second-order valence-corrected chi connectivity index (χ2v) is 17.3. The summed E-state index contributed by atoms with van der Waals surface area (Å²) in [6.07, 6.45) is 0.887. The molecule has 0 spiro atoms. The first kappa shape index (κ1) is 44.8. The number of hydrogen-bond donors (Lipinski definition) is 2. The Kier molecular flexibility index (Phi) is 13.5. The van der Waals surface area contributed by atoms with Crippen LogP contribution in [-0.4, -0.2) is 118 Å². The number of halogens is 2. The van der Waals surface area contributed by atoms with E-state index in [1.54, 1.807) is 49.7 Å². The Labute approximate surface area is 389 Å². The molecule has 2 atom stereocenters. The molecule has 10 rings (SSSR count). The maximum Gasteiger partial charge on any atom is 0.345 e. The lowest BCUT2D eigenvalue weighted by Gasteiger charge is -2.36. The Morgan fingerprint density at radius 1 is 0.939 bits per heavy atom. The van der Waals surface area contributed by atoms with E-state index < -0.39 is 18.2 Å². The SMILES string of the molecule is COc1ccccc1-c1nccc(COc2ccc3cc2C[C@H](C(=O)O)Oc2ncnc4sc(-c5ccc(F)cc5)c(c24)-c2ccc(c(Cl)c2C)O[C@H](CN2CCN(CCO)CC2)CO3)n1. The van der Waals surface area contributed by atoms with Crippen LogP contribution >= 0.6 is 22.9 Å². The number of fused-ring (bicyclic) bond motifs is 7. The summed E-state index contributed by atoms with van der Waals surface area (Å²) in [7, 11) is 1.59. The molecular formula is C49H46ClFN6O8S. The largest absolute Gasteiger partial charge is 0.496 e. The van der Waals surface area contributed by atoms with Crippen molar-refractivity contribution in [2.75, 3.05) is 59.6 Å². The lowest BCUT2D eigenvalue weighted by Crippen LogP contribution is -2.50. The molecule has 3 aromatic heterocycles. The molecule has 2 N–H and O–H groups in total. The van der Waals surface area contributed by atoms with Crippen molar-refractivity contribution in [1.29, 1.82) is 0 Å². The number of aromatic nitrogens is 4. The summed E-state index contributed by atoms with van der Waals surface area (Å²) in [6, 6.07) is 24.3. The third-order valence-corrected chi connectivity index (χ3v) is 13.3. The van der Waals surface area contributed by atoms with Gasteiger partial charge in [-0.2, -0.15) is 0 Å². The summed E-state index contributed by atoms with van der Waals surface area (Å²) in [6.45, 7) is 6.43. The highest BCUT2D eigenvalue weighted by Crippen LogP contribution is 2.49. The molecule has 0 amide bonds. The number of carboxylic acid groups (broad SMARTS) is 1. The molecular weight excluding hydrogens is 887 g/mol. The number of benzene rings is 4. The number of aliphatic hydroxyl groups is 1. The molecule has 6 heterocycles. The molecule has 3 aliphatic heterocycles. The number of hydrogen-bond acceptors (Lipinski definition) is 14. The Bertz CT molecular complexity index is 2860. The van der Waals surface area contributed by atoms with Crippen LogP contribution in [0.15, 0.2) is 97.5 Å². The Balaban J connectivity index is 1.12. The van der Waals surface area contributed by atoms with E-state index in [1.807, 2.05) is 43.3 Å². The fourth-order valence-corrected chi connectivity index (χ4v) is 9.61. The normalized spacial score (nSPS) is 16.8. The van der Waals surface area contributed by atoms with Crippen molar-refractivity contribution in [2.24, 2.45) is 0 Å². The number of methoxy groups -OCH3 is 1. The second kappa shape index (κ2) is 20.0. The fraction of sp³-hybridized carbons (Fsp3) is 0.286. The van der Waals surface area contributed by atoms with Gasteiger partial charge in [0.2, 0.25) is 12.0 Å². The number of piperazine rings is 1. The maximum absolute atomic E-state index is 14.3. The van der Waals surface area contributed by atoms with Crippen molar-refractivity contribution in [3.8, 4) is 61.8 Å². The third-order valence-electron chi connectivity index (χ3n) is 11.7. The monoisotopic (exact) mass is 932 g/mol. The summed E-state index contributed by atoms with van der Waals surface area (Å²) in [5.41, 5.74) is 4.56. The van der Waals surface area contributed by atoms with E-state index in [-0.39, 0.29) is 37.9 Å². The second-order valence-electron chi connectivity index (χ2n) is 15.9. The summed E-state index contributed by atoms with van der Waals surface area (Å²) < 4.78 is 46.0. The lowest BCUT2D eigenvalue weighted by atomic mass is 9.96. The van der Waals surface area contributed by atoms with Crippen molar-refractivity contribution in [3.05, 3.63) is 125 Å². The average Bonchev–Trinajstić information content (AvgIpc) is 3.72. The van der Waals surface area contributed by atoms with Gasteiger partial charge in [0.1, 0.15) is 59.3 Å². The van der Waals surface area contributed by atoms with Crippen LogP contribution in [0.25, 0.3) is 43.2 Å². The first-order chi connectivity index (χ1) is 32.1. The number of aliphatic carboxylic acids is 1. The molecule has 0 unspecified atom stereocenters. The van der Waals surface area contributed by atoms with Crippen molar-refractivity contribution < 1.29 is 43.1 Å². The Morgan fingerprint density at radius 2 is 1.74 bits per heavy atom. The number of thiophene rings is 1. The minimum absolute atomic E-state index is 0.0340. The number of aliphatic hydroxyl groups excluding tert-OH is 1. The van der Waals surface area contributed by atoms with Crippen molar-refractivity contribution in [1.82, 2.24) is 29.7 Å². The minimum atomic E-state index is -1.46. The fourth-order valence-electron chi connectivity index (χ4n) is 8.24. The number of rotatable bonds is 11. The molecule has 0 saturated carbocycles. The van der Waals surface area contributed by atoms with Crippen LogP contribution in [0.3, 0.4) is 0 Å². The standard InChI is InChI=1S/C49H46ClFN6O8S/c1-29-36-12-14-40(44(29)50)64-35(25-57-19-17-56(18-20-57)21-22-58)27-62-34-11-13-38(63-26-33-15-16-52-46(55-33)37-5-3-4-6-39(37)61-2)31(23-34)24-41(49(59)60)65-47-43-42(36)45(66-48(43)54-28-53-47)30-7-9-32(51)10-8-30/h3-16,23,28,35,41,58H,17-22,24-27H2,1-2H3,(H,59,60)/t35-,41-/m1/s1. The third kappa shape index (κ3) is 9.73. The number of carbonyl (C=O) groups is 1. The molecule has 7 aromatic rings. The van der Waals surface area contributed by atoms with Gasteiger partial charge in [-0.25, -0.2) is 29.1 Å². The van der Waals surface area contributed by atoms with Crippen LogP contribution in [0.4, 0.5) is 4.39 Å². The molecule has 4 bridgehead atoms. The Hall–Kier alpha value is -6.43. The number of ether oxygens (including phenoxy) is 5. The lowest BCUT2D eigenvalue weighted by molar-refractivity contribution is -0.145. The molecule has 3 aliphatic rings. The maximum atomic E-state index is 14.3. The average molecular weight is 933 g/mol. The van der Waals surface area contributed by atoms with Gasteiger partial charge in [0.05, 0.1) is 35.4 Å². The number of nitrogens with zero attached hydrogens (tertiary/aromatic N) is 6. The van der Waals surface area contributed by atoms with Crippen LogP contribution in [0.1, 0.15) is 16.8 Å². The van der Waals surface area contributed by atoms with Crippen LogP contribution in [0, 0.1) is 12.7 Å². The van der Waals surface area contributed by atoms with Crippen LogP contribution < -0.4 is 23.7 Å². The smallest absolute Gasteiger partial charge is 0.345 e. The summed E-state index contributed by atoms with van der Waals surface area (Å²) in [4.78, 5) is 37.4. The van der Waals surface area contributed by atoms with Gasteiger partial charge in [-0.05, 0) is 78.2 Å². The molecule has 66 heavy (non-hydrogen) atoms. The molecule has 340 valence electrons. The number of carboxylic acids is 1. The predicted octanol–water partition coefficient (Wildman–Crippen LogP) is 8.00. The van der Waals surface area contributed by atoms with Crippen LogP contribution in [0.2, 0.25) is 5.02 Å². The minimum Gasteiger partial charge on any atom is -0.496 e. The van der Waals surface area contributed by atoms with Gasteiger partial charge in [0.15, 0.2) is 5.82 Å². The van der Waals surface area contributed by atoms with E-state index in [9.17, 15) is 19.4 Å².